The van der Waals surface area contributed by atoms with Gasteiger partial charge in [0, 0.05) is 18.7 Å². The largest absolute Gasteiger partial charge is 0.494 e. The van der Waals surface area contributed by atoms with Gasteiger partial charge in [-0.3, -0.25) is 9.69 Å². The summed E-state index contributed by atoms with van der Waals surface area (Å²) in [6, 6.07) is 7.61. The van der Waals surface area contributed by atoms with Crippen molar-refractivity contribution in [1.82, 2.24) is 4.90 Å². The molecule has 0 amide bonds. The number of benzene rings is 1. The molecule has 1 aliphatic heterocycles. The van der Waals surface area contributed by atoms with E-state index < -0.39 is 5.54 Å². The third kappa shape index (κ3) is 6.10. The lowest BCUT2D eigenvalue weighted by molar-refractivity contribution is -0.00429. The number of ketones is 1. The molecule has 0 saturated carbocycles. The van der Waals surface area contributed by atoms with Crippen LogP contribution in [0.4, 0.5) is 0 Å². The van der Waals surface area contributed by atoms with Crippen LogP contribution >= 0.6 is 0 Å². The van der Waals surface area contributed by atoms with Crippen LogP contribution in [0.5, 0.6) is 5.75 Å². The average Bonchev–Trinajstić information content (AvgIpc) is 2.68. The molecule has 26 heavy (non-hydrogen) atoms. The van der Waals surface area contributed by atoms with Crippen molar-refractivity contribution in [2.24, 2.45) is 0 Å². The Labute approximate surface area is 158 Å². The molecule has 1 aromatic carbocycles. The van der Waals surface area contributed by atoms with Gasteiger partial charge in [-0.15, -0.1) is 0 Å². The minimum atomic E-state index is -0.509. The van der Waals surface area contributed by atoms with E-state index in [9.17, 15) is 4.79 Å². The van der Waals surface area contributed by atoms with E-state index >= 15 is 0 Å². The summed E-state index contributed by atoms with van der Waals surface area (Å²) in [7, 11) is 0. The van der Waals surface area contributed by atoms with Gasteiger partial charge in [0.05, 0.1) is 25.4 Å². The fourth-order valence-electron chi connectivity index (χ4n) is 3.39. The second kappa shape index (κ2) is 10.7. The first-order valence-electron chi connectivity index (χ1n) is 10.2. The monoisotopic (exact) mass is 361 g/mol. The molecular weight excluding hydrogens is 326 g/mol. The van der Waals surface area contributed by atoms with Gasteiger partial charge in [-0.25, -0.2) is 0 Å². The highest BCUT2D eigenvalue weighted by Gasteiger charge is 2.35. The predicted molar refractivity (Wildman–Crippen MR) is 106 cm³/mol. The first-order valence-corrected chi connectivity index (χ1v) is 10.2. The van der Waals surface area contributed by atoms with Crippen molar-refractivity contribution in [3.8, 4) is 5.75 Å². The van der Waals surface area contributed by atoms with Crippen molar-refractivity contribution in [1.29, 1.82) is 0 Å². The summed E-state index contributed by atoms with van der Waals surface area (Å²) < 4.78 is 11.2. The number of hydrogen-bond donors (Lipinski definition) is 0. The highest BCUT2D eigenvalue weighted by molar-refractivity contribution is 6.02. The second-order valence-corrected chi connectivity index (χ2v) is 7.63. The second-order valence-electron chi connectivity index (χ2n) is 7.63. The highest BCUT2D eigenvalue weighted by Crippen LogP contribution is 2.23. The van der Waals surface area contributed by atoms with Gasteiger partial charge in [0.1, 0.15) is 5.75 Å². The van der Waals surface area contributed by atoms with E-state index in [1.54, 1.807) is 0 Å². The van der Waals surface area contributed by atoms with Gasteiger partial charge in [0.25, 0.3) is 0 Å². The molecule has 0 unspecified atom stereocenters. The molecule has 1 heterocycles. The maximum absolute atomic E-state index is 12.9. The topological polar surface area (TPSA) is 38.8 Å². The van der Waals surface area contributed by atoms with E-state index in [1.165, 1.54) is 32.1 Å². The van der Waals surface area contributed by atoms with Crippen LogP contribution in [-0.4, -0.2) is 49.1 Å². The standard InChI is InChI=1S/C22H35NO3/c1-4-5-6-7-8-9-16-26-20-12-10-19(11-13-20)21(24)22(2,3)23-14-17-25-18-15-23/h10-13H,4-9,14-18H2,1-3H3. The lowest BCUT2D eigenvalue weighted by Gasteiger charge is -2.39. The Bertz CT molecular complexity index is 533. The highest BCUT2D eigenvalue weighted by atomic mass is 16.5. The Kier molecular flexibility index (Phi) is 8.60. The Hall–Kier alpha value is -1.39. The van der Waals surface area contributed by atoms with Crippen LogP contribution in [-0.2, 0) is 4.74 Å². The summed E-state index contributed by atoms with van der Waals surface area (Å²) in [6.07, 6.45) is 7.55. The van der Waals surface area contributed by atoms with Crippen LogP contribution in [0, 0.1) is 0 Å². The zero-order valence-corrected chi connectivity index (χ0v) is 16.8. The first-order chi connectivity index (χ1) is 12.6. The first kappa shape index (κ1) is 20.9. The molecule has 4 heteroatoms. The number of unbranched alkanes of at least 4 members (excludes halogenated alkanes) is 5. The number of morpholine rings is 1. The van der Waals surface area contributed by atoms with Crippen molar-refractivity contribution < 1.29 is 14.3 Å². The van der Waals surface area contributed by atoms with Gasteiger partial charge in [0.2, 0.25) is 0 Å². The maximum atomic E-state index is 12.9. The Morgan fingerprint density at radius 2 is 1.65 bits per heavy atom. The van der Waals surface area contributed by atoms with E-state index in [4.69, 9.17) is 9.47 Å². The quantitative estimate of drug-likeness (QED) is 0.422. The molecule has 1 saturated heterocycles. The third-order valence-corrected chi connectivity index (χ3v) is 5.24. The molecule has 1 fully saturated rings. The smallest absolute Gasteiger partial charge is 0.182 e. The average molecular weight is 362 g/mol. The van der Waals surface area contributed by atoms with E-state index in [1.807, 2.05) is 38.1 Å². The zero-order valence-electron chi connectivity index (χ0n) is 16.8. The minimum absolute atomic E-state index is 0.155. The van der Waals surface area contributed by atoms with E-state index in [2.05, 4.69) is 11.8 Å². The number of ether oxygens (including phenoxy) is 2. The third-order valence-electron chi connectivity index (χ3n) is 5.24. The zero-order chi connectivity index (χ0) is 18.8. The number of nitrogens with zero attached hydrogens (tertiary/aromatic N) is 1. The Morgan fingerprint density at radius 1 is 1.04 bits per heavy atom. The number of hydrogen-bond acceptors (Lipinski definition) is 4. The van der Waals surface area contributed by atoms with Crippen molar-refractivity contribution in [3.05, 3.63) is 29.8 Å². The van der Waals surface area contributed by atoms with E-state index in [0.29, 0.717) is 13.2 Å². The molecule has 0 N–H and O–H groups in total. The van der Waals surface area contributed by atoms with Gasteiger partial charge in [-0.2, -0.15) is 0 Å². The van der Waals surface area contributed by atoms with Crippen LogP contribution in [0.2, 0.25) is 0 Å². The van der Waals surface area contributed by atoms with Gasteiger partial charge >= 0.3 is 0 Å². The van der Waals surface area contributed by atoms with Crippen LogP contribution in [0.25, 0.3) is 0 Å². The van der Waals surface area contributed by atoms with Gasteiger partial charge in [-0.05, 0) is 44.5 Å². The minimum Gasteiger partial charge on any atom is -0.494 e. The summed E-state index contributed by atoms with van der Waals surface area (Å²) in [4.78, 5) is 15.1. The van der Waals surface area contributed by atoms with Gasteiger partial charge < -0.3 is 9.47 Å². The van der Waals surface area contributed by atoms with Crippen molar-refractivity contribution in [2.75, 3.05) is 32.9 Å². The number of Topliss-reactive ketones (excluding diaryl/α,β-unsaturated/α-hetero) is 1. The van der Waals surface area contributed by atoms with Crippen molar-refractivity contribution in [3.63, 3.8) is 0 Å². The molecule has 2 rings (SSSR count). The molecule has 1 aliphatic rings. The fraction of sp³-hybridized carbons (Fsp3) is 0.682. The number of carbonyl (C=O) groups is 1. The van der Waals surface area contributed by atoms with E-state index in [0.717, 1.165) is 37.4 Å². The van der Waals surface area contributed by atoms with E-state index in [-0.39, 0.29) is 5.78 Å². The van der Waals surface area contributed by atoms with Crippen molar-refractivity contribution in [2.45, 2.75) is 64.8 Å². The molecule has 0 atom stereocenters. The van der Waals surface area contributed by atoms with Crippen LogP contribution in [0.15, 0.2) is 24.3 Å². The lowest BCUT2D eigenvalue weighted by atomic mass is 9.91. The SMILES string of the molecule is CCCCCCCCOc1ccc(C(=O)C(C)(C)N2CCOCC2)cc1. The summed E-state index contributed by atoms with van der Waals surface area (Å²) >= 11 is 0. The molecular formula is C22H35NO3. The molecule has 0 radical (unpaired) electrons. The normalized spacial score (nSPS) is 15.8. The molecule has 0 bridgehead atoms. The summed E-state index contributed by atoms with van der Waals surface area (Å²) in [5, 5.41) is 0. The molecule has 146 valence electrons. The number of carbonyl (C=O) groups excluding carboxylic acids is 1. The predicted octanol–water partition coefficient (Wildman–Crippen LogP) is 4.72. The van der Waals surface area contributed by atoms with Crippen LogP contribution < -0.4 is 4.74 Å². The summed E-state index contributed by atoms with van der Waals surface area (Å²) in [6.45, 7) is 9.99. The van der Waals surface area contributed by atoms with Gasteiger partial charge in [0.15, 0.2) is 5.78 Å². The van der Waals surface area contributed by atoms with Crippen LogP contribution in [0.1, 0.15) is 69.7 Å². The van der Waals surface area contributed by atoms with Gasteiger partial charge in [-0.1, -0.05) is 39.0 Å². The molecule has 0 aliphatic carbocycles. The summed E-state index contributed by atoms with van der Waals surface area (Å²) in [5.41, 5.74) is 0.235. The maximum Gasteiger partial charge on any atom is 0.182 e. The number of rotatable bonds is 11. The molecule has 0 aromatic heterocycles. The molecule has 0 spiro atoms. The summed E-state index contributed by atoms with van der Waals surface area (Å²) in [5.74, 6) is 1.00. The molecule has 1 aromatic rings. The van der Waals surface area contributed by atoms with Crippen LogP contribution in [0.3, 0.4) is 0 Å². The molecule has 4 nitrogen and oxygen atoms in total. The Balaban J connectivity index is 1.79. The van der Waals surface area contributed by atoms with Crippen molar-refractivity contribution >= 4 is 5.78 Å². The Morgan fingerprint density at radius 3 is 2.31 bits per heavy atom. The fourth-order valence-corrected chi connectivity index (χ4v) is 3.39. The lowest BCUT2D eigenvalue weighted by Crippen LogP contribution is -2.54.